The third-order valence-corrected chi connectivity index (χ3v) is 3.63. The Hall–Kier alpha value is -2.62. The zero-order valence-corrected chi connectivity index (χ0v) is 11.0. The number of nitriles is 1. The van der Waals surface area contributed by atoms with Gasteiger partial charge in [0, 0.05) is 24.0 Å². The SMILES string of the molecule is N#Cc1cc(-n2cc(C(F)(F)F)c3c2CCC3=O)ccc1F. The van der Waals surface area contributed by atoms with Gasteiger partial charge in [0.1, 0.15) is 11.9 Å². The molecule has 0 fully saturated rings. The lowest BCUT2D eigenvalue weighted by Crippen LogP contribution is -2.08. The fraction of sp³-hybridized carbons (Fsp3) is 0.200. The normalized spacial score (nSPS) is 14.0. The molecule has 1 aliphatic rings. The van der Waals surface area contributed by atoms with Crippen molar-refractivity contribution in [2.45, 2.75) is 19.0 Å². The Balaban J connectivity index is 2.24. The first-order valence-corrected chi connectivity index (χ1v) is 6.37. The van der Waals surface area contributed by atoms with Crippen LogP contribution in [0, 0.1) is 17.1 Å². The molecule has 1 aromatic heterocycles. The Morgan fingerprint density at radius 1 is 1.23 bits per heavy atom. The maximum Gasteiger partial charge on any atom is 0.418 e. The molecule has 1 aromatic carbocycles. The van der Waals surface area contributed by atoms with E-state index in [1.807, 2.05) is 0 Å². The van der Waals surface area contributed by atoms with E-state index in [2.05, 4.69) is 0 Å². The van der Waals surface area contributed by atoms with E-state index in [1.165, 1.54) is 16.7 Å². The minimum atomic E-state index is -4.65. The predicted molar refractivity (Wildman–Crippen MR) is 68.1 cm³/mol. The Labute approximate surface area is 122 Å². The third-order valence-electron chi connectivity index (χ3n) is 3.63. The molecule has 0 unspecified atom stereocenters. The van der Waals surface area contributed by atoms with Crippen molar-refractivity contribution in [3.8, 4) is 11.8 Å². The first-order valence-electron chi connectivity index (χ1n) is 6.37. The molecule has 0 saturated heterocycles. The number of rotatable bonds is 1. The van der Waals surface area contributed by atoms with Crippen LogP contribution >= 0.6 is 0 Å². The summed E-state index contributed by atoms with van der Waals surface area (Å²) in [4.78, 5) is 11.7. The molecule has 0 amide bonds. The van der Waals surface area contributed by atoms with Crippen LogP contribution in [0.3, 0.4) is 0 Å². The van der Waals surface area contributed by atoms with E-state index in [-0.39, 0.29) is 35.3 Å². The maximum atomic E-state index is 13.4. The number of aromatic nitrogens is 1. The van der Waals surface area contributed by atoms with Crippen LogP contribution in [0.2, 0.25) is 0 Å². The quantitative estimate of drug-likeness (QED) is 0.755. The predicted octanol–water partition coefficient (Wildman–Crippen LogP) is 3.64. The number of fused-ring (bicyclic) bond motifs is 1. The highest BCUT2D eigenvalue weighted by Crippen LogP contribution is 2.39. The highest BCUT2D eigenvalue weighted by atomic mass is 19.4. The number of hydrogen-bond donors (Lipinski definition) is 0. The molecule has 1 aliphatic carbocycles. The van der Waals surface area contributed by atoms with Crippen molar-refractivity contribution in [3.05, 3.63) is 52.6 Å². The Morgan fingerprint density at radius 3 is 2.59 bits per heavy atom. The molecule has 7 heteroatoms. The lowest BCUT2D eigenvalue weighted by molar-refractivity contribution is -0.137. The standard InChI is InChI=1S/C15H8F4N2O/c16-11-2-1-9(5-8(11)6-20)21-7-10(15(17,18)19)14-12(21)3-4-13(14)22/h1-2,5,7H,3-4H2. The van der Waals surface area contributed by atoms with Crippen molar-refractivity contribution in [1.82, 2.24) is 4.57 Å². The Bertz CT molecular complexity index is 827. The van der Waals surface area contributed by atoms with Gasteiger partial charge < -0.3 is 4.57 Å². The van der Waals surface area contributed by atoms with E-state index in [4.69, 9.17) is 5.26 Å². The molecule has 0 atom stereocenters. The number of ketones is 1. The highest BCUT2D eigenvalue weighted by molar-refractivity contribution is 6.02. The zero-order valence-electron chi connectivity index (χ0n) is 11.0. The van der Waals surface area contributed by atoms with Gasteiger partial charge in [-0.15, -0.1) is 0 Å². The van der Waals surface area contributed by atoms with Crippen molar-refractivity contribution in [1.29, 1.82) is 5.26 Å². The molecule has 0 aliphatic heterocycles. The lowest BCUT2D eigenvalue weighted by Gasteiger charge is -2.08. The molecular formula is C15H8F4N2O. The number of alkyl halides is 3. The number of carbonyl (C=O) groups excluding carboxylic acids is 1. The van der Waals surface area contributed by atoms with Crippen LogP contribution in [-0.4, -0.2) is 10.4 Å². The van der Waals surface area contributed by atoms with Gasteiger partial charge in [0.15, 0.2) is 5.78 Å². The van der Waals surface area contributed by atoms with Crippen LogP contribution in [0.5, 0.6) is 0 Å². The smallest absolute Gasteiger partial charge is 0.319 e. The molecule has 0 saturated carbocycles. The van der Waals surface area contributed by atoms with E-state index in [9.17, 15) is 22.4 Å². The molecule has 0 radical (unpaired) electrons. The minimum absolute atomic E-state index is 0.0148. The highest BCUT2D eigenvalue weighted by Gasteiger charge is 2.41. The Kier molecular flexibility index (Phi) is 3.06. The van der Waals surface area contributed by atoms with Crippen LogP contribution in [0.15, 0.2) is 24.4 Å². The summed E-state index contributed by atoms with van der Waals surface area (Å²) >= 11 is 0. The molecule has 0 N–H and O–H groups in total. The number of hydrogen-bond acceptors (Lipinski definition) is 2. The van der Waals surface area contributed by atoms with Crippen LogP contribution in [0.4, 0.5) is 17.6 Å². The number of benzene rings is 1. The van der Waals surface area contributed by atoms with Gasteiger partial charge in [0.25, 0.3) is 0 Å². The molecule has 112 valence electrons. The van der Waals surface area contributed by atoms with Crippen molar-refractivity contribution in [2.24, 2.45) is 0 Å². The fourth-order valence-electron chi connectivity index (χ4n) is 2.66. The van der Waals surface area contributed by atoms with Crippen molar-refractivity contribution < 1.29 is 22.4 Å². The van der Waals surface area contributed by atoms with E-state index in [0.29, 0.717) is 0 Å². The average Bonchev–Trinajstić information content (AvgIpc) is 3.00. The van der Waals surface area contributed by atoms with Gasteiger partial charge >= 0.3 is 6.18 Å². The van der Waals surface area contributed by atoms with Gasteiger partial charge in [-0.2, -0.15) is 18.4 Å². The Morgan fingerprint density at radius 2 is 1.95 bits per heavy atom. The number of Topliss-reactive ketones (excluding diaryl/α,β-unsaturated/α-hetero) is 1. The van der Waals surface area contributed by atoms with E-state index < -0.39 is 23.3 Å². The number of nitrogens with zero attached hydrogens (tertiary/aromatic N) is 2. The molecule has 1 heterocycles. The molecule has 0 spiro atoms. The lowest BCUT2D eigenvalue weighted by atomic mass is 10.1. The number of carbonyl (C=O) groups is 1. The molecule has 2 aromatic rings. The summed E-state index contributed by atoms with van der Waals surface area (Å²) in [7, 11) is 0. The first kappa shape index (κ1) is 14.3. The summed E-state index contributed by atoms with van der Waals surface area (Å²) in [5.74, 6) is -1.30. The van der Waals surface area contributed by atoms with Crippen molar-refractivity contribution in [2.75, 3.05) is 0 Å². The summed E-state index contributed by atoms with van der Waals surface area (Å²) in [5, 5.41) is 8.83. The second-order valence-corrected chi connectivity index (χ2v) is 4.93. The molecular weight excluding hydrogens is 300 g/mol. The second-order valence-electron chi connectivity index (χ2n) is 4.93. The maximum absolute atomic E-state index is 13.4. The van der Waals surface area contributed by atoms with Gasteiger partial charge in [-0.05, 0) is 24.6 Å². The van der Waals surface area contributed by atoms with Crippen molar-refractivity contribution >= 4 is 5.78 Å². The van der Waals surface area contributed by atoms with E-state index in [1.54, 1.807) is 6.07 Å². The molecule has 3 rings (SSSR count). The molecule has 0 bridgehead atoms. The van der Waals surface area contributed by atoms with Gasteiger partial charge in [-0.3, -0.25) is 4.79 Å². The van der Waals surface area contributed by atoms with Crippen LogP contribution in [0.1, 0.15) is 33.6 Å². The molecule has 3 nitrogen and oxygen atoms in total. The second kappa shape index (κ2) is 4.70. The third kappa shape index (κ3) is 2.08. The van der Waals surface area contributed by atoms with E-state index >= 15 is 0 Å². The zero-order chi connectivity index (χ0) is 16.1. The largest absolute Gasteiger partial charge is 0.418 e. The fourth-order valence-corrected chi connectivity index (χ4v) is 2.66. The number of halogens is 4. The van der Waals surface area contributed by atoms with E-state index in [0.717, 1.165) is 12.3 Å². The first-order chi connectivity index (χ1) is 10.3. The minimum Gasteiger partial charge on any atom is -0.319 e. The van der Waals surface area contributed by atoms with Crippen LogP contribution < -0.4 is 0 Å². The van der Waals surface area contributed by atoms with Gasteiger partial charge in [0.05, 0.1) is 16.7 Å². The summed E-state index contributed by atoms with van der Waals surface area (Å²) in [6.45, 7) is 0. The average molecular weight is 308 g/mol. The molecule has 22 heavy (non-hydrogen) atoms. The van der Waals surface area contributed by atoms with Crippen LogP contribution in [-0.2, 0) is 12.6 Å². The van der Waals surface area contributed by atoms with Gasteiger partial charge in [-0.25, -0.2) is 4.39 Å². The van der Waals surface area contributed by atoms with Gasteiger partial charge in [0.2, 0.25) is 0 Å². The summed E-state index contributed by atoms with van der Waals surface area (Å²) < 4.78 is 53.8. The van der Waals surface area contributed by atoms with Gasteiger partial charge in [-0.1, -0.05) is 0 Å². The van der Waals surface area contributed by atoms with Crippen LogP contribution in [0.25, 0.3) is 5.69 Å². The topological polar surface area (TPSA) is 45.8 Å². The summed E-state index contributed by atoms with van der Waals surface area (Å²) in [6.07, 6.45) is -3.62. The van der Waals surface area contributed by atoms with Crippen molar-refractivity contribution in [3.63, 3.8) is 0 Å². The summed E-state index contributed by atoms with van der Waals surface area (Å²) in [6, 6.07) is 5.10. The summed E-state index contributed by atoms with van der Waals surface area (Å²) in [5.41, 5.74) is -1.12. The monoisotopic (exact) mass is 308 g/mol.